The third kappa shape index (κ3) is 4.22. The molecule has 1 aliphatic rings. The Morgan fingerprint density at radius 3 is 3.17 bits per heavy atom. The standard InChI is InChI=1S/C11H21N5OS/c1-9(2)7-12-4-5-16-11(13-14-15-16)18-10-3-6-17-8-10/h9-10,12H,3-8H2,1-2H3. The monoisotopic (exact) mass is 271 g/mol. The Morgan fingerprint density at radius 1 is 1.56 bits per heavy atom. The number of rotatable bonds is 7. The summed E-state index contributed by atoms with van der Waals surface area (Å²) in [6.45, 7) is 8.81. The molecule has 0 bridgehead atoms. The quantitative estimate of drug-likeness (QED) is 0.740. The maximum Gasteiger partial charge on any atom is 0.209 e. The largest absolute Gasteiger partial charge is 0.380 e. The second kappa shape index (κ2) is 7.06. The Balaban J connectivity index is 1.76. The fourth-order valence-electron chi connectivity index (χ4n) is 1.75. The van der Waals surface area contributed by atoms with Crippen molar-refractivity contribution in [3.05, 3.63) is 0 Å². The van der Waals surface area contributed by atoms with E-state index in [2.05, 4.69) is 34.7 Å². The van der Waals surface area contributed by atoms with Crippen LogP contribution in [0.25, 0.3) is 0 Å². The Kier molecular flexibility index (Phi) is 5.40. The van der Waals surface area contributed by atoms with Gasteiger partial charge < -0.3 is 10.1 Å². The lowest BCUT2D eigenvalue weighted by atomic mass is 10.2. The smallest absolute Gasteiger partial charge is 0.209 e. The average molecular weight is 271 g/mol. The van der Waals surface area contributed by atoms with Gasteiger partial charge in [-0.3, -0.25) is 0 Å². The number of hydrogen-bond acceptors (Lipinski definition) is 6. The molecule has 1 aliphatic heterocycles. The van der Waals surface area contributed by atoms with Gasteiger partial charge in [-0.15, -0.1) is 5.10 Å². The van der Waals surface area contributed by atoms with Gasteiger partial charge in [0.05, 0.1) is 13.2 Å². The molecular formula is C11H21N5OS. The van der Waals surface area contributed by atoms with Gasteiger partial charge in [0.15, 0.2) is 0 Å². The maximum absolute atomic E-state index is 5.36. The summed E-state index contributed by atoms with van der Waals surface area (Å²) in [5.41, 5.74) is 0. The van der Waals surface area contributed by atoms with Gasteiger partial charge in [0.2, 0.25) is 5.16 Å². The van der Waals surface area contributed by atoms with E-state index in [1.165, 1.54) is 0 Å². The van der Waals surface area contributed by atoms with Crippen LogP contribution in [0.4, 0.5) is 0 Å². The fraction of sp³-hybridized carbons (Fsp3) is 0.909. The summed E-state index contributed by atoms with van der Waals surface area (Å²) in [5, 5.41) is 16.6. The highest BCUT2D eigenvalue weighted by Gasteiger charge is 2.20. The van der Waals surface area contributed by atoms with Gasteiger partial charge in [-0.25, -0.2) is 4.68 Å². The summed E-state index contributed by atoms with van der Waals surface area (Å²) in [4.78, 5) is 0. The molecule has 18 heavy (non-hydrogen) atoms. The van der Waals surface area contributed by atoms with Gasteiger partial charge in [-0.1, -0.05) is 25.6 Å². The molecule has 7 heteroatoms. The summed E-state index contributed by atoms with van der Waals surface area (Å²) in [7, 11) is 0. The first-order chi connectivity index (χ1) is 8.75. The van der Waals surface area contributed by atoms with E-state index >= 15 is 0 Å². The average Bonchev–Trinajstić information content (AvgIpc) is 2.97. The first-order valence-corrected chi connectivity index (χ1v) is 7.35. The van der Waals surface area contributed by atoms with Crippen LogP contribution in [0.3, 0.4) is 0 Å². The highest BCUT2D eigenvalue weighted by molar-refractivity contribution is 7.99. The Labute approximate surface area is 112 Å². The number of nitrogens with zero attached hydrogens (tertiary/aromatic N) is 4. The lowest BCUT2D eigenvalue weighted by Gasteiger charge is -2.09. The minimum atomic E-state index is 0.498. The van der Waals surface area contributed by atoms with Crippen molar-refractivity contribution >= 4 is 11.8 Å². The van der Waals surface area contributed by atoms with Crippen molar-refractivity contribution in [2.24, 2.45) is 5.92 Å². The van der Waals surface area contributed by atoms with E-state index in [-0.39, 0.29) is 0 Å². The highest BCUT2D eigenvalue weighted by Crippen LogP contribution is 2.26. The van der Waals surface area contributed by atoms with Crippen LogP contribution in [-0.2, 0) is 11.3 Å². The molecular weight excluding hydrogens is 250 g/mol. The first kappa shape index (κ1) is 13.8. The minimum absolute atomic E-state index is 0.498. The van der Waals surface area contributed by atoms with Crippen LogP contribution in [0.15, 0.2) is 5.16 Å². The van der Waals surface area contributed by atoms with E-state index in [4.69, 9.17) is 4.74 Å². The van der Waals surface area contributed by atoms with Gasteiger partial charge in [0.1, 0.15) is 0 Å². The maximum atomic E-state index is 5.36. The van der Waals surface area contributed by atoms with Crippen LogP contribution in [-0.4, -0.2) is 51.8 Å². The second-order valence-electron chi connectivity index (χ2n) is 4.89. The van der Waals surface area contributed by atoms with E-state index < -0.39 is 0 Å². The summed E-state index contributed by atoms with van der Waals surface area (Å²) >= 11 is 1.72. The molecule has 102 valence electrons. The molecule has 1 aromatic rings. The molecule has 6 nitrogen and oxygen atoms in total. The number of thioether (sulfide) groups is 1. The number of ether oxygens (including phenoxy) is 1. The van der Waals surface area contributed by atoms with Crippen LogP contribution < -0.4 is 5.32 Å². The van der Waals surface area contributed by atoms with Crippen molar-refractivity contribution in [1.82, 2.24) is 25.5 Å². The Hall–Kier alpha value is -0.660. The molecule has 0 saturated carbocycles. The fourth-order valence-corrected chi connectivity index (χ4v) is 2.76. The molecule has 2 heterocycles. The molecule has 0 spiro atoms. The van der Waals surface area contributed by atoms with Crippen molar-refractivity contribution in [1.29, 1.82) is 0 Å². The predicted octanol–water partition coefficient (Wildman–Crippen LogP) is 0.800. The zero-order valence-corrected chi connectivity index (χ0v) is 11.8. The summed E-state index contributed by atoms with van der Waals surface area (Å²) in [6.07, 6.45) is 1.09. The minimum Gasteiger partial charge on any atom is -0.380 e. The van der Waals surface area contributed by atoms with Gasteiger partial charge in [-0.05, 0) is 29.3 Å². The molecule has 1 saturated heterocycles. The number of hydrogen-bond donors (Lipinski definition) is 1. The zero-order valence-electron chi connectivity index (χ0n) is 11.0. The molecule has 0 amide bonds. The van der Waals surface area contributed by atoms with Crippen molar-refractivity contribution in [2.75, 3.05) is 26.3 Å². The molecule has 0 aliphatic carbocycles. The topological polar surface area (TPSA) is 64.9 Å². The molecule has 1 N–H and O–H groups in total. The molecule has 0 aromatic carbocycles. The van der Waals surface area contributed by atoms with E-state index in [0.29, 0.717) is 11.2 Å². The third-order valence-corrected chi connectivity index (χ3v) is 3.92. The van der Waals surface area contributed by atoms with Crippen molar-refractivity contribution < 1.29 is 4.74 Å². The van der Waals surface area contributed by atoms with Gasteiger partial charge in [0, 0.05) is 18.4 Å². The van der Waals surface area contributed by atoms with Gasteiger partial charge >= 0.3 is 0 Å². The van der Waals surface area contributed by atoms with Crippen LogP contribution in [0.1, 0.15) is 20.3 Å². The number of aromatic nitrogens is 4. The molecule has 1 atom stereocenters. The lowest BCUT2D eigenvalue weighted by Crippen LogP contribution is -2.24. The van der Waals surface area contributed by atoms with Crippen molar-refractivity contribution in [3.63, 3.8) is 0 Å². The molecule has 1 fully saturated rings. The lowest BCUT2D eigenvalue weighted by molar-refractivity contribution is 0.199. The summed E-state index contributed by atoms with van der Waals surface area (Å²) in [5.74, 6) is 0.670. The highest BCUT2D eigenvalue weighted by atomic mass is 32.2. The summed E-state index contributed by atoms with van der Waals surface area (Å²) < 4.78 is 7.23. The molecule has 2 rings (SSSR count). The van der Waals surface area contributed by atoms with Crippen molar-refractivity contribution in [3.8, 4) is 0 Å². The first-order valence-electron chi connectivity index (χ1n) is 6.47. The molecule has 0 radical (unpaired) electrons. The van der Waals surface area contributed by atoms with Crippen molar-refractivity contribution in [2.45, 2.75) is 37.2 Å². The number of nitrogens with one attached hydrogen (secondary N) is 1. The van der Waals surface area contributed by atoms with Gasteiger partial charge in [0.25, 0.3) is 0 Å². The zero-order chi connectivity index (χ0) is 12.8. The molecule has 1 unspecified atom stereocenters. The van der Waals surface area contributed by atoms with E-state index in [1.807, 2.05) is 4.68 Å². The predicted molar refractivity (Wildman–Crippen MR) is 70.6 cm³/mol. The normalized spacial score (nSPS) is 19.8. The van der Waals surface area contributed by atoms with Crippen LogP contribution >= 0.6 is 11.8 Å². The summed E-state index contributed by atoms with van der Waals surface area (Å²) in [6, 6.07) is 0. The molecule has 1 aromatic heterocycles. The Bertz CT molecular complexity index is 351. The van der Waals surface area contributed by atoms with Crippen LogP contribution in [0.2, 0.25) is 0 Å². The van der Waals surface area contributed by atoms with E-state index in [9.17, 15) is 0 Å². The van der Waals surface area contributed by atoms with E-state index in [0.717, 1.165) is 44.4 Å². The van der Waals surface area contributed by atoms with E-state index in [1.54, 1.807) is 11.8 Å². The Morgan fingerprint density at radius 2 is 2.44 bits per heavy atom. The SMILES string of the molecule is CC(C)CNCCn1nnnc1SC1CCOC1. The second-order valence-corrected chi connectivity index (χ2v) is 6.15. The van der Waals surface area contributed by atoms with Gasteiger partial charge in [-0.2, -0.15) is 0 Å². The number of tetrazole rings is 1. The van der Waals surface area contributed by atoms with Crippen LogP contribution in [0, 0.1) is 5.92 Å². The third-order valence-electron chi connectivity index (χ3n) is 2.71. The van der Waals surface area contributed by atoms with Crippen LogP contribution in [0.5, 0.6) is 0 Å².